The van der Waals surface area contributed by atoms with E-state index in [0.29, 0.717) is 22.8 Å². The highest BCUT2D eigenvalue weighted by Crippen LogP contribution is 2.22. The molecule has 1 amide bonds. The highest BCUT2D eigenvalue weighted by molar-refractivity contribution is 6.03. The Balaban J connectivity index is 1.73. The van der Waals surface area contributed by atoms with Gasteiger partial charge in [-0.05, 0) is 43.3 Å². The van der Waals surface area contributed by atoms with Gasteiger partial charge in [-0.2, -0.15) is 0 Å². The summed E-state index contributed by atoms with van der Waals surface area (Å²) in [4.78, 5) is 12.5. The van der Waals surface area contributed by atoms with Gasteiger partial charge in [-0.25, -0.2) is 4.39 Å². The van der Waals surface area contributed by atoms with E-state index in [2.05, 4.69) is 10.5 Å². The number of para-hydroxylation sites is 1. The van der Waals surface area contributed by atoms with Gasteiger partial charge in [0.2, 0.25) is 0 Å². The first-order chi connectivity index (χ1) is 12.6. The number of hydrogen-bond acceptors (Lipinski definition) is 5. The Bertz CT molecular complexity index is 906. The van der Waals surface area contributed by atoms with Gasteiger partial charge in [-0.3, -0.25) is 4.79 Å². The summed E-state index contributed by atoms with van der Waals surface area (Å²) in [5, 5.41) is 6.52. The van der Waals surface area contributed by atoms with Gasteiger partial charge >= 0.3 is 0 Å². The van der Waals surface area contributed by atoms with E-state index in [0.717, 1.165) is 0 Å². The summed E-state index contributed by atoms with van der Waals surface area (Å²) in [5.74, 6) is 0.278. The van der Waals surface area contributed by atoms with Gasteiger partial charge in [0, 0.05) is 5.69 Å². The first kappa shape index (κ1) is 17.5. The van der Waals surface area contributed by atoms with E-state index in [1.165, 1.54) is 12.1 Å². The lowest BCUT2D eigenvalue weighted by atomic mass is 10.2. The molecule has 6 nitrogen and oxygen atoms in total. The number of carbonyl (C=O) groups is 1. The summed E-state index contributed by atoms with van der Waals surface area (Å²) >= 11 is 0. The van der Waals surface area contributed by atoms with Gasteiger partial charge in [0.1, 0.15) is 18.1 Å². The molecule has 134 valence electrons. The molecule has 0 atom stereocenters. The van der Waals surface area contributed by atoms with Crippen LogP contribution in [0.4, 0.5) is 10.1 Å². The lowest BCUT2D eigenvalue weighted by Gasteiger charge is -2.08. The standard InChI is InChI=1S/C19H17FN2O4/c1-12-15(11-25-17-6-4-3-5-16(17)20)18(22-26-12)19(23)21-13-7-9-14(24-2)10-8-13/h3-10H,11H2,1-2H3,(H,21,23). The predicted octanol–water partition coefficient (Wildman–Crippen LogP) is 3.96. The van der Waals surface area contributed by atoms with Crippen LogP contribution in [0.2, 0.25) is 0 Å². The molecule has 0 saturated heterocycles. The maximum atomic E-state index is 13.7. The summed E-state index contributed by atoms with van der Waals surface area (Å²) in [6, 6.07) is 12.9. The fraction of sp³-hybridized carbons (Fsp3) is 0.158. The number of aryl methyl sites for hydroxylation is 1. The van der Waals surface area contributed by atoms with Crippen LogP contribution in [-0.2, 0) is 6.61 Å². The molecule has 1 aromatic heterocycles. The number of aromatic nitrogens is 1. The molecule has 0 radical (unpaired) electrons. The molecule has 1 N–H and O–H groups in total. The average molecular weight is 356 g/mol. The molecule has 0 bridgehead atoms. The molecule has 1 heterocycles. The van der Waals surface area contributed by atoms with Gasteiger partial charge < -0.3 is 19.3 Å². The minimum absolute atomic E-state index is 0.0400. The number of rotatable bonds is 6. The second-order valence-electron chi connectivity index (χ2n) is 5.47. The summed E-state index contributed by atoms with van der Waals surface area (Å²) in [6.45, 7) is 1.62. The molecular weight excluding hydrogens is 339 g/mol. The van der Waals surface area contributed by atoms with E-state index in [1.54, 1.807) is 50.4 Å². The predicted molar refractivity (Wildman–Crippen MR) is 92.9 cm³/mol. The van der Waals surface area contributed by atoms with Gasteiger partial charge in [-0.15, -0.1) is 0 Å². The van der Waals surface area contributed by atoms with Gasteiger partial charge in [-0.1, -0.05) is 17.3 Å². The van der Waals surface area contributed by atoms with E-state index in [9.17, 15) is 9.18 Å². The fourth-order valence-electron chi connectivity index (χ4n) is 2.32. The summed E-state index contributed by atoms with van der Waals surface area (Å²) in [5.41, 5.74) is 1.13. The van der Waals surface area contributed by atoms with E-state index in [1.807, 2.05) is 0 Å². The molecule has 3 rings (SSSR count). The van der Waals surface area contributed by atoms with Crippen LogP contribution in [0.15, 0.2) is 53.1 Å². The molecule has 0 aliphatic rings. The molecule has 0 unspecified atom stereocenters. The van der Waals surface area contributed by atoms with Crippen molar-refractivity contribution in [2.75, 3.05) is 12.4 Å². The highest BCUT2D eigenvalue weighted by Gasteiger charge is 2.21. The van der Waals surface area contributed by atoms with Crippen LogP contribution in [-0.4, -0.2) is 18.2 Å². The zero-order chi connectivity index (χ0) is 18.5. The third kappa shape index (κ3) is 3.83. The van der Waals surface area contributed by atoms with Crippen molar-refractivity contribution in [2.45, 2.75) is 13.5 Å². The first-order valence-corrected chi connectivity index (χ1v) is 7.86. The minimum Gasteiger partial charge on any atom is -0.497 e. The van der Waals surface area contributed by atoms with Crippen molar-refractivity contribution in [1.29, 1.82) is 0 Å². The van der Waals surface area contributed by atoms with E-state index in [4.69, 9.17) is 14.0 Å². The number of ether oxygens (including phenoxy) is 2. The number of carbonyl (C=O) groups excluding carboxylic acids is 1. The fourth-order valence-corrected chi connectivity index (χ4v) is 2.32. The largest absolute Gasteiger partial charge is 0.497 e. The maximum Gasteiger partial charge on any atom is 0.278 e. The summed E-state index contributed by atoms with van der Waals surface area (Å²) in [7, 11) is 1.56. The van der Waals surface area contributed by atoms with E-state index < -0.39 is 11.7 Å². The van der Waals surface area contributed by atoms with Crippen molar-refractivity contribution in [1.82, 2.24) is 5.16 Å². The third-order valence-corrected chi connectivity index (χ3v) is 3.76. The minimum atomic E-state index is -0.481. The van der Waals surface area contributed by atoms with Crippen LogP contribution in [0.1, 0.15) is 21.8 Å². The van der Waals surface area contributed by atoms with Crippen LogP contribution < -0.4 is 14.8 Å². The van der Waals surface area contributed by atoms with Gasteiger partial charge in [0.05, 0.1) is 12.7 Å². The zero-order valence-corrected chi connectivity index (χ0v) is 14.3. The summed E-state index contributed by atoms with van der Waals surface area (Å²) in [6.07, 6.45) is 0. The number of amides is 1. The third-order valence-electron chi connectivity index (χ3n) is 3.76. The highest BCUT2D eigenvalue weighted by atomic mass is 19.1. The second-order valence-corrected chi connectivity index (χ2v) is 5.47. The molecule has 26 heavy (non-hydrogen) atoms. The van der Waals surface area contributed by atoms with Gasteiger partial charge in [0.15, 0.2) is 17.3 Å². The summed E-state index contributed by atoms with van der Waals surface area (Å²) < 4.78 is 29.3. The van der Waals surface area contributed by atoms with Crippen LogP contribution in [0.5, 0.6) is 11.5 Å². The Labute approximate surface area is 149 Å². The lowest BCUT2D eigenvalue weighted by molar-refractivity contribution is 0.101. The van der Waals surface area contributed by atoms with E-state index in [-0.39, 0.29) is 18.1 Å². The topological polar surface area (TPSA) is 73.6 Å². The van der Waals surface area contributed by atoms with Crippen molar-refractivity contribution in [3.05, 3.63) is 71.4 Å². The quantitative estimate of drug-likeness (QED) is 0.724. The molecule has 2 aromatic carbocycles. The number of halogens is 1. The van der Waals surface area contributed by atoms with Crippen LogP contribution >= 0.6 is 0 Å². The Morgan fingerprint density at radius 1 is 1.19 bits per heavy atom. The number of nitrogens with zero attached hydrogens (tertiary/aromatic N) is 1. The molecule has 0 fully saturated rings. The Morgan fingerprint density at radius 3 is 2.62 bits per heavy atom. The SMILES string of the molecule is COc1ccc(NC(=O)c2noc(C)c2COc2ccccc2F)cc1. The van der Waals surface area contributed by atoms with Crippen molar-refractivity contribution >= 4 is 11.6 Å². The first-order valence-electron chi connectivity index (χ1n) is 7.86. The van der Waals surface area contributed by atoms with Crippen LogP contribution in [0.25, 0.3) is 0 Å². The van der Waals surface area contributed by atoms with Crippen molar-refractivity contribution in [2.24, 2.45) is 0 Å². The Hall–Kier alpha value is -3.35. The monoisotopic (exact) mass is 356 g/mol. The smallest absolute Gasteiger partial charge is 0.278 e. The Kier molecular flexibility index (Phi) is 5.17. The average Bonchev–Trinajstić information content (AvgIpc) is 3.02. The molecule has 0 aliphatic heterocycles. The van der Waals surface area contributed by atoms with Crippen LogP contribution in [0, 0.1) is 12.7 Å². The second kappa shape index (κ2) is 7.69. The molecule has 7 heteroatoms. The lowest BCUT2D eigenvalue weighted by Crippen LogP contribution is -2.15. The molecular formula is C19H17FN2O4. The van der Waals surface area contributed by atoms with Gasteiger partial charge in [0.25, 0.3) is 5.91 Å². The number of hydrogen-bond donors (Lipinski definition) is 1. The maximum absolute atomic E-state index is 13.7. The number of methoxy groups -OCH3 is 1. The van der Waals surface area contributed by atoms with Crippen LogP contribution in [0.3, 0.4) is 0 Å². The number of anilines is 1. The molecule has 0 aliphatic carbocycles. The zero-order valence-electron chi connectivity index (χ0n) is 14.3. The number of benzene rings is 2. The molecule has 3 aromatic rings. The van der Waals surface area contributed by atoms with Crippen molar-refractivity contribution in [3.63, 3.8) is 0 Å². The normalized spacial score (nSPS) is 10.4. The van der Waals surface area contributed by atoms with E-state index >= 15 is 0 Å². The van der Waals surface area contributed by atoms with Crippen molar-refractivity contribution < 1.29 is 23.2 Å². The Morgan fingerprint density at radius 2 is 1.92 bits per heavy atom. The molecule has 0 saturated carbocycles. The number of nitrogens with one attached hydrogen (secondary N) is 1. The van der Waals surface area contributed by atoms with Crippen molar-refractivity contribution in [3.8, 4) is 11.5 Å². The molecule has 0 spiro atoms.